The minimum absolute atomic E-state index is 0.000642. The molecule has 1 rings (SSSR count). The van der Waals surface area contributed by atoms with Crippen molar-refractivity contribution >= 4 is 23.3 Å². The lowest BCUT2D eigenvalue weighted by atomic mass is 9.97. The lowest BCUT2D eigenvalue weighted by Crippen LogP contribution is -2.25. The number of nitrogens with two attached hydrogens (primary N) is 1. The van der Waals surface area contributed by atoms with Crippen molar-refractivity contribution < 1.29 is 14.7 Å². The largest absolute Gasteiger partial charge is 0.478 e. The highest BCUT2D eigenvalue weighted by atomic mass is 16.4. The average Bonchev–Trinajstić information content (AvgIpc) is 2.29. The van der Waals surface area contributed by atoms with Crippen molar-refractivity contribution in [1.82, 2.24) is 0 Å². The number of nitrogen functional groups attached to an aromatic ring is 1. The van der Waals surface area contributed by atoms with E-state index in [1.807, 2.05) is 13.8 Å². The third-order valence-electron chi connectivity index (χ3n) is 2.95. The van der Waals surface area contributed by atoms with Crippen LogP contribution in [0.1, 0.15) is 31.1 Å². The highest BCUT2D eigenvalue weighted by Crippen LogP contribution is 2.21. The summed E-state index contributed by atoms with van der Waals surface area (Å²) in [5.41, 5.74) is 6.15. The quantitative estimate of drug-likeness (QED) is 0.714. The van der Waals surface area contributed by atoms with Gasteiger partial charge in [0.2, 0.25) is 5.91 Å². The zero-order chi connectivity index (χ0) is 13.9. The minimum atomic E-state index is -1.12. The molecule has 0 saturated carbocycles. The van der Waals surface area contributed by atoms with Gasteiger partial charge in [-0.05, 0) is 24.1 Å². The van der Waals surface area contributed by atoms with E-state index in [0.717, 1.165) is 0 Å². The van der Waals surface area contributed by atoms with Crippen LogP contribution in [-0.2, 0) is 4.79 Å². The Morgan fingerprint density at radius 3 is 2.39 bits per heavy atom. The van der Waals surface area contributed by atoms with Gasteiger partial charge in [-0.1, -0.05) is 20.8 Å². The third kappa shape index (κ3) is 3.23. The zero-order valence-electron chi connectivity index (χ0n) is 10.7. The first-order chi connectivity index (χ1) is 8.32. The SMILES string of the molecule is CC(C)C(C)C(=O)Nc1ccc(N)cc1C(=O)O. The number of nitrogens with one attached hydrogen (secondary N) is 1. The van der Waals surface area contributed by atoms with Gasteiger partial charge >= 0.3 is 5.97 Å². The summed E-state index contributed by atoms with van der Waals surface area (Å²) >= 11 is 0. The number of carbonyl (C=O) groups excluding carboxylic acids is 1. The van der Waals surface area contributed by atoms with Gasteiger partial charge < -0.3 is 16.2 Å². The molecule has 4 N–H and O–H groups in total. The number of carboxylic acid groups (broad SMARTS) is 1. The standard InChI is InChI=1S/C13H18N2O3/c1-7(2)8(3)12(16)15-11-5-4-9(14)6-10(11)13(17)18/h4-8H,14H2,1-3H3,(H,15,16)(H,17,18). The molecule has 1 atom stereocenters. The fourth-order valence-electron chi connectivity index (χ4n) is 1.40. The van der Waals surface area contributed by atoms with Crippen LogP contribution in [0.25, 0.3) is 0 Å². The molecule has 1 aromatic rings. The summed E-state index contributed by atoms with van der Waals surface area (Å²) in [7, 11) is 0. The van der Waals surface area contributed by atoms with Crippen LogP contribution < -0.4 is 11.1 Å². The van der Waals surface area contributed by atoms with Crippen molar-refractivity contribution in [3.63, 3.8) is 0 Å². The summed E-state index contributed by atoms with van der Waals surface area (Å²) in [6, 6.07) is 4.39. The van der Waals surface area contributed by atoms with E-state index in [0.29, 0.717) is 5.69 Å². The van der Waals surface area contributed by atoms with Gasteiger partial charge in [-0.15, -0.1) is 0 Å². The smallest absolute Gasteiger partial charge is 0.337 e. The van der Waals surface area contributed by atoms with E-state index in [2.05, 4.69) is 5.32 Å². The number of hydrogen-bond acceptors (Lipinski definition) is 3. The number of amides is 1. The molecule has 1 unspecified atom stereocenters. The van der Waals surface area contributed by atoms with Gasteiger partial charge in [0.1, 0.15) is 0 Å². The Balaban J connectivity index is 2.98. The van der Waals surface area contributed by atoms with Gasteiger partial charge in [0.25, 0.3) is 0 Å². The Kier molecular flexibility index (Phi) is 4.31. The predicted octanol–water partition coefficient (Wildman–Crippen LogP) is 2.20. The molecule has 0 heterocycles. The van der Waals surface area contributed by atoms with Crippen LogP contribution >= 0.6 is 0 Å². The first-order valence-corrected chi connectivity index (χ1v) is 5.76. The predicted molar refractivity (Wildman–Crippen MR) is 70.4 cm³/mol. The van der Waals surface area contributed by atoms with E-state index in [9.17, 15) is 9.59 Å². The molecule has 1 amide bonds. The van der Waals surface area contributed by atoms with E-state index in [-0.39, 0.29) is 29.0 Å². The Bertz CT molecular complexity index is 469. The van der Waals surface area contributed by atoms with E-state index < -0.39 is 5.97 Å². The molecule has 0 aromatic heterocycles. The molecule has 0 aliphatic rings. The second-order valence-corrected chi connectivity index (χ2v) is 4.63. The van der Waals surface area contributed by atoms with Gasteiger partial charge in [-0.2, -0.15) is 0 Å². The Morgan fingerprint density at radius 2 is 1.89 bits per heavy atom. The Hall–Kier alpha value is -2.04. The number of carbonyl (C=O) groups is 2. The normalized spacial score (nSPS) is 12.2. The molecule has 0 aliphatic heterocycles. The molecule has 18 heavy (non-hydrogen) atoms. The summed E-state index contributed by atoms with van der Waals surface area (Å²) in [6.07, 6.45) is 0. The zero-order valence-corrected chi connectivity index (χ0v) is 10.7. The van der Waals surface area contributed by atoms with E-state index in [1.165, 1.54) is 12.1 Å². The lowest BCUT2D eigenvalue weighted by Gasteiger charge is -2.16. The number of carboxylic acids is 1. The topological polar surface area (TPSA) is 92.4 Å². The molecule has 5 nitrogen and oxygen atoms in total. The number of rotatable bonds is 4. The van der Waals surface area contributed by atoms with Crippen molar-refractivity contribution in [1.29, 1.82) is 0 Å². The number of hydrogen-bond donors (Lipinski definition) is 3. The molecule has 0 bridgehead atoms. The van der Waals surface area contributed by atoms with Gasteiger partial charge in [0.05, 0.1) is 11.3 Å². The third-order valence-corrected chi connectivity index (χ3v) is 2.95. The highest BCUT2D eigenvalue weighted by Gasteiger charge is 2.19. The van der Waals surface area contributed by atoms with E-state index in [1.54, 1.807) is 13.0 Å². The van der Waals surface area contributed by atoms with Crippen molar-refractivity contribution in [3.8, 4) is 0 Å². The van der Waals surface area contributed by atoms with Gasteiger partial charge in [-0.25, -0.2) is 4.79 Å². The molecule has 0 aliphatic carbocycles. The fraction of sp³-hybridized carbons (Fsp3) is 0.385. The lowest BCUT2D eigenvalue weighted by molar-refractivity contribution is -0.120. The van der Waals surface area contributed by atoms with Crippen LogP contribution in [0.3, 0.4) is 0 Å². The van der Waals surface area contributed by atoms with Crippen LogP contribution in [0.5, 0.6) is 0 Å². The van der Waals surface area contributed by atoms with Crippen molar-refractivity contribution in [2.45, 2.75) is 20.8 Å². The van der Waals surface area contributed by atoms with Gasteiger partial charge in [-0.3, -0.25) is 4.79 Å². The summed E-state index contributed by atoms with van der Waals surface area (Å²) in [6.45, 7) is 5.68. The Morgan fingerprint density at radius 1 is 1.28 bits per heavy atom. The number of anilines is 2. The van der Waals surface area contributed by atoms with Crippen LogP contribution in [0, 0.1) is 11.8 Å². The molecule has 0 radical (unpaired) electrons. The van der Waals surface area contributed by atoms with Crippen molar-refractivity contribution in [2.75, 3.05) is 11.1 Å². The second-order valence-electron chi connectivity index (χ2n) is 4.63. The van der Waals surface area contributed by atoms with Crippen LogP contribution in [0.4, 0.5) is 11.4 Å². The Labute approximate surface area is 106 Å². The molecule has 1 aromatic carbocycles. The monoisotopic (exact) mass is 250 g/mol. The molecule has 0 spiro atoms. The van der Waals surface area contributed by atoms with Crippen molar-refractivity contribution in [3.05, 3.63) is 23.8 Å². The summed E-state index contributed by atoms with van der Waals surface area (Å²) in [4.78, 5) is 22.9. The van der Waals surface area contributed by atoms with Gasteiger partial charge in [0, 0.05) is 11.6 Å². The van der Waals surface area contributed by atoms with Crippen LogP contribution in [-0.4, -0.2) is 17.0 Å². The summed E-state index contributed by atoms with van der Waals surface area (Å²) in [5.74, 6) is -1.32. The molecule has 0 saturated heterocycles. The summed E-state index contributed by atoms with van der Waals surface area (Å²) in [5, 5.41) is 11.7. The van der Waals surface area contributed by atoms with E-state index in [4.69, 9.17) is 10.8 Å². The highest BCUT2D eigenvalue weighted by molar-refractivity contribution is 6.01. The second kappa shape index (κ2) is 5.53. The van der Waals surface area contributed by atoms with Crippen LogP contribution in [0.15, 0.2) is 18.2 Å². The molecule has 0 fully saturated rings. The molecule has 98 valence electrons. The first kappa shape index (κ1) is 14.0. The fourth-order valence-corrected chi connectivity index (χ4v) is 1.40. The minimum Gasteiger partial charge on any atom is -0.478 e. The molecular weight excluding hydrogens is 232 g/mol. The maximum Gasteiger partial charge on any atom is 0.337 e. The number of benzene rings is 1. The number of aromatic carboxylic acids is 1. The van der Waals surface area contributed by atoms with Crippen LogP contribution in [0.2, 0.25) is 0 Å². The molecule has 5 heteroatoms. The maximum atomic E-state index is 11.9. The van der Waals surface area contributed by atoms with Gasteiger partial charge in [0.15, 0.2) is 0 Å². The molecular formula is C13H18N2O3. The first-order valence-electron chi connectivity index (χ1n) is 5.76. The summed E-state index contributed by atoms with van der Waals surface area (Å²) < 4.78 is 0. The van der Waals surface area contributed by atoms with Crippen molar-refractivity contribution in [2.24, 2.45) is 11.8 Å². The average molecular weight is 250 g/mol. The maximum absolute atomic E-state index is 11.9. The van der Waals surface area contributed by atoms with E-state index >= 15 is 0 Å².